The monoisotopic (exact) mass is 513 g/mol. The molecule has 2 aliphatic rings. The van der Waals surface area contributed by atoms with E-state index in [0.717, 1.165) is 37.4 Å². The topological polar surface area (TPSA) is 62.8 Å². The minimum atomic E-state index is -0.467. The number of hydrogen-bond donors (Lipinski definition) is 1. The van der Waals surface area contributed by atoms with Crippen LogP contribution < -0.4 is 14.8 Å². The van der Waals surface area contributed by atoms with E-state index in [1.165, 1.54) is 44.4 Å². The Labute approximate surface area is 216 Å². The van der Waals surface area contributed by atoms with Gasteiger partial charge >= 0.3 is 0 Å². The van der Waals surface area contributed by atoms with Gasteiger partial charge in [0.15, 0.2) is 11.5 Å². The predicted molar refractivity (Wildman–Crippen MR) is 141 cm³/mol. The number of ether oxygens (including phenoxy) is 2. The van der Waals surface area contributed by atoms with E-state index in [-0.39, 0.29) is 5.02 Å². The molecule has 0 bridgehead atoms. The molecular formula is C27H33ClFN5O2. The van der Waals surface area contributed by atoms with Gasteiger partial charge in [-0.2, -0.15) is 0 Å². The van der Waals surface area contributed by atoms with Crippen LogP contribution in [0.2, 0.25) is 5.02 Å². The Balaban J connectivity index is 1.24. The van der Waals surface area contributed by atoms with Crippen molar-refractivity contribution < 1.29 is 13.9 Å². The summed E-state index contributed by atoms with van der Waals surface area (Å²) in [4.78, 5) is 14.0. The third-order valence-corrected chi connectivity index (χ3v) is 7.74. The number of nitrogens with one attached hydrogen (secondary N) is 1. The van der Waals surface area contributed by atoms with E-state index in [1.54, 1.807) is 13.2 Å². The molecular weight excluding hydrogens is 481 g/mol. The number of piperidine rings is 1. The Morgan fingerprint density at radius 2 is 2.00 bits per heavy atom. The fourth-order valence-electron chi connectivity index (χ4n) is 5.51. The molecule has 7 nitrogen and oxygen atoms in total. The molecule has 0 spiro atoms. The molecule has 0 aliphatic carbocycles. The summed E-state index contributed by atoms with van der Waals surface area (Å²) >= 11 is 5.94. The predicted octanol–water partition coefficient (Wildman–Crippen LogP) is 5.36. The molecule has 192 valence electrons. The number of hydrogen-bond acceptors (Lipinski definition) is 7. The minimum absolute atomic E-state index is 0.0450. The maximum absolute atomic E-state index is 13.6. The Morgan fingerprint density at radius 1 is 1.14 bits per heavy atom. The second-order valence-corrected chi connectivity index (χ2v) is 9.94. The zero-order valence-electron chi connectivity index (χ0n) is 20.8. The van der Waals surface area contributed by atoms with Crippen LogP contribution >= 0.6 is 11.6 Å². The van der Waals surface area contributed by atoms with Crippen LogP contribution in [0.4, 0.5) is 15.9 Å². The van der Waals surface area contributed by atoms with E-state index in [9.17, 15) is 4.39 Å². The van der Waals surface area contributed by atoms with Crippen molar-refractivity contribution in [1.82, 2.24) is 19.8 Å². The van der Waals surface area contributed by atoms with Gasteiger partial charge < -0.3 is 19.7 Å². The van der Waals surface area contributed by atoms with Crippen LogP contribution in [0.1, 0.15) is 26.2 Å². The van der Waals surface area contributed by atoms with E-state index >= 15 is 0 Å². The first-order valence-corrected chi connectivity index (χ1v) is 13.1. The average Bonchev–Trinajstić information content (AvgIpc) is 3.31. The Morgan fingerprint density at radius 3 is 2.81 bits per heavy atom. The summed E-state index contributed by atoms with van der Waals surface area (Å²) in [6.45, 7) is 8.63. The summed E-state index contributed by atoms with van der Waals surface area (Å²) < 4.78 is 25.3. The molecule has 0 amide bonds. The van der Waals surface area contributed by atoms with Gasteiger partial charge in [-0.15, -0.1) is 0 Å². The van der Waals surface area contributed by atoms with E-state index in [2.05, 4.69) is 32.0 Å². The summed E-state index contributed by atoms with van der Waals surface area (Å²) in [6.07, 6.45) is 5.07. The maximum Gasteiger partial charge on any atom is 0.162 e. The van der Waals surface area contributed by atoms with Crippen LogP contribution in [0.25, 0.3) is 10.9 Å². The standard InChI is InChI=1S/C27H33ClFN5O2/c1-3-34-11-8-18-7-10-33(16-24(18)34)9-4-12-36-26-14-20-23(15-25(26)35-2)30-17-31-27(20)32-19-5-6-22(29)21(28)13-19/h5-6,13-15,17-18,24H,3-4,7-12,16H2,1-2H3,(H,30,31,32). The van der Waals surface area contributed by atoms with Crippen LogP contribution in [-0.4, -0.2) is 72.3 Å². The molecule has 2 unspecified atom stereocenters. The first-order valence-electron chi connectivity index (χ1n) is 12.7. The molecule has 5 rings (SSSR count). The molecule has 1 aromatic heterocycles. The number of methoxy groups -OCH3 is 1. The van der Waals surface area contributed by atoms with Crippen LogP contribution in [0, 0.1) is 11.7 Å². The average molecular weight is 514 g/mol. The third-order valence-electron chi connectivity index (χ3n) is 7.45. The molecule has 0 radical (unpaired) electrons. The summed E-state index contributed by atoms with van der Waals surface area (Å²) in [5.74, 6) is 2.25. The number of aromatic nitrogens is 2. The Hall–Kier alpha value is -2.68. The largest absolute Gasteiger partial charge is 0.493 e. The summed E-state index contributed by atoms with van der Waals surface area (Å²) in [5, 5.41) is 4.03. The lowest BCUT2D eigenvalue weighted by atomic mass is 9.92. The number of rotatable bonds is 9. The van der Waals surface area contributed by atoms with Crippen molar-refractivity contribution in [3.05, 3.63) is 47.5 Å². The Kier molecular flexibility index (Phi) is 7.74. The molecule has 9 heteroatoms. The van der Waals surface area contributed by atoms with Crippen molar-refractivity contribution in [2.75, 3.05) is 51.8 Å². The molecule has 2 aromatic carbocycles. The van der Waals surface area contributed by atoms with Gasteiger partial charge in [0.05, 0.1) is 24.3 Å². The van der Waals surface area contributed by atoms with Crippen LogP contribution in [0.3, 0.4) is 0 Å². The summed E-state index contributed by atoms with van der Waals surface area (Å²) in [7, 11) is 1.63. The lowest BCUT2D eigenvalue weighted by Gasteiger charge is -2.38. The zero-order valence-corrected chi connectivity index (χ0v) is 21.6. The zero-order chi connectivity index (χ0) is 25.1. The van der Waals surface area contributed by atoms with Gasteiger partial charge in [0.25, 0.3) is 0 Å². The highest BCUT2D eigenvalue weighted by atomic mass is 35.5. The van der Waals surface area contributed by atoms with Gasteiger partial charge in [-0.3, -0.25) is 4.90 Å². The molecule has 2 aliphatic heterocycles. The Bertz CT molecular complexity index is 1210. The fraction of sp³-hybridized carbons (Fsp3) is 0.481. The normalized spacial score (nSPS) is 20.4. The SMILES string of the molecule is CCN1CCC2CCN(CCCOc3cc4c(Nc5ccc(F)c(Cl)c5)ncnc4cc3OC)CC21. The van der Waals surface area contributed by atoms with E-state index < -0.39 is 5.82 Å². The van der Waals surface area contributed by atoms with Crippen LogP contribution in [0.5, 0.6) is 11.5 Å². The molecule has 1 N–H and O–H groups in total. The van der Waals surface area contributed by atoms with Gasteiger partial charge in [-0.1, -0.05) is 18.5 Å². The smallest absolute Gasteiger partial charge is 0.162 e. The molecule has 0 saturated carbocycles. The van der Waals surface area contributed by atoms with E-state index in [1.807, 2.05) is 12.1 Å². The molecule has 36 heavy (non-hydrogen) atoms. The first-order chi connectivity index (χ1) is 17.6. The molecule has 2 fully saturated rings. The maximum atomic E-state index is 13.6. The highest BCUT2D eigenvalue weighted by Gasteiger charge is 2.37. The minimum Gasteiger partial charge on any atom is -0.493 e. The second-order valence-electron chi connectivity index (χ2n) is 9.53. The second kappa shape index (κ2) is 11.2. The molecule has 3 aromatic rings. The van der Waals surface area contributed by atoms with Crippen molar-refractivity contribution >= 4 is 34.0 Å². The number of halogens is 2. The highest BCUT2D eigenvalue weighted by Crippen LogP contribution is 2.35. The van der Waals surface area contributed by atoms with Crippen molar-refractivity contribution in [2.45, 2.75) is 32.2 Å². The van der Waals surface area contributed by atoms with Gasteiger partial charge in [-0.05, 0) is 69.1 Å². The van der Waals surface area contributed by atoms with Crippen molar-refractivity contribution in [1.29, 1.82) is 0 Å². The van der Waals surface area contributed by atoms with Gasteiger partial charge in [0.2, 0.25) is 0 Å². The number of likely N-dealkylation sites (tertiary alicyclic amines) is 2. The summed E-state index contributed by atoms with van der Waals surface area (Å²) in [6, 6.07) is 8.92. The van der Waals surface area contributed by atoms with Crippen LogP contribution in [-0.2, 0) is 0 Å². The first kappa shape index (κ1) is 25.0. The van der Waals surface area contributed by atoms with Gasteiger partial charge in [0.1, 0.15) is 18.0 Å². The number of likely N-dealkylation sites (N-methyl/N-ethyl adjacent to an activating group) is 1. The number of fused-ring (bicyclic) bond motifs is 2. The number of nitrogens with zero attached hydrogens (tertiary/aromatic N) is 4. The molecule has 2 atom stereocenters. The van der Waals surface area contributed by atoms with Gasteiger partial charge in [0, 0.05) is 36.3 Å². The van der Waals surface area contributed by atoms with E-state index in [4.69, 9.17) is 21.1 Å². The number of benzene rings is 2. The highest BCUT2D eigenvalue weighted by molar-refractivity contribution is 6.31. The fourth-order valence-corrected chi connectivity index (χ4v) is 5.69. The third kappa shape index (κ3) is 5.36. The lowest BCUT2D eigenvalue weighted by molar-refractivity contribution is 0.103. The van der Waals surface area contributed by atoms with Crippen molar-refractivity contribution in [3.63, 3.8) is 0 Å². The summed E-state index contributed by atoms with van der Waals surface area (Å²) in [5.41, 5.74) is 1.34. The van der Waals surface area contributed by atoms with Gasteiger partial charge in [-0.25, -0.2) is 14.4 Å². The lowest BCUT2D eigenvalue weighted by Crippen LogP contribution is -2.48. The van der Waals surface area contributed by atoms with Crippen molar-refractivity contribution in [3.8, 4) is 11.5 Å². The van der Waals surface area contributed by atoms with Crippen LogP contribution in [0.15, 0.2) is 36.7 Å². The quantitative estimate of drug-likeness (QED) is 0.386. The molecule has 3 heterocycles. The van der Waals surface area contributed by atoms with E-state index in [0.29, 0.717) is 41.2 Å². The molecule has 2 saturated heterocycles. The number of anilines is 2. The van der Waals surface area contributed by atoms with Crippen molar-refractivity contribution in [2.24, 2.45) is 5.92 Å².